The second-order valence-electron chi connectivity index (χ2n) is 6.85. The number of thioether (sulfide) groups is 1. The second-order valence-corrected chi connectivity index (χ2v) is 9.65. The Morgan fingerprint density at radius 3 is 2.97 bits per heavy atom. The second kappa shape index (κ2) is 7.82. The van der Waals surface area contributed by atoms with E-state index in [1.807, 2.05) is 6.07 Å². The van der Waals surface area contributed by atoms with E-state index in [4.69, 9.17) is 16.9 Å². The lowest BCUT2D eigenvalue weighted by Crippen LogP contribution is -2.25. The van der Waals surface area contributed by atoms with Crippen LogP contribution in [0.15, 0.2) is 28.2 Å². The van der Waals surface area contributed by atoms with Crippen molar-refractivity contribution in [3.05, 3.63) is 49.6 Å². The van der Waals surface area contributed by atoms with Gasteiger partial charge in [-0.25, -0.2) is 4.98 Å². The van der Waals surface area contributed by atoms with Crippen LogP contribution in [0.5, 0.6) is 0 Å². The van der Waals surface area contributed by atoms with E-state index in [2.05, 4.69) is 10.3 Å². The molecule has 2 aromatic heterocycles. The minimum atomic E-state index is -0.480. The van der Waals surface area contributed by atoms with E-state index in [0.29, 0.717) is 16.4 Å². The first-order valence-corrected chi connectivity index (χ1v) is 11.1. The molecule has 1 aromatic carbocycles. The zero-order chi connectivity index (χ0) is 20.7. The highest BCUT2D eigenvalue weighted by Crippen LogP contribution is 2.36. The molecular weight excluding hydrogens is 428 g/mol. The quantitative estimate of drug-likeness (QED) is 0.483. The van der Waals surface area contributed by atoms with Gasteiger partial charge in [0, 0.05) is 17.6 Å². The van der Waals surface area contributed by atoms with Crippen LogP contribution in [0, 0.1) is 11.3 Å². The molecule has 4 rings (SSSR count). The minimum absolute atomic E-state index is 0.0524. The Kier molecular flexibility index (Phi) is 5.38. The van der Waals surface area contributed by atoms with Gasteiger partial charge >= 0.3 is 0 Å². The van der Waals surface area contributed by atoms with Crippen molar-refractivity contribution in [3.8, 4) is 6.07 Å². The van der Waals surface area contributed by atoms with Crippen molar-refractivity contribution in [3.63, 3.8) is 0 Å². The molecule has 1 atom stereocenters. The van der Waals surface area contributed by atoms with Crippen LogP contribution in [0.2, 0.25) is 5.02 Å². The minimum Gasteiger partial charge on any atom is -0.325 e. The maximum atomic E-state index is 12.9. The maximum absolute atomic E-state index is 12.9. The van der Waals surface area contributed by atoms with E-state index in [9.17, 15) is 9.59 Å². The third-order valence-corrected chi connectivity index (χ3v) is 7.56. The lowest BCUT2D eigenvalue weighted by atomic mass is 10.2. The van der Waals surface area contributed by atoms with E-state index < -0.39 is 5.25 Å². The number of nitriles is 1. The van der Waals surface area contributed by atoms with E-state index >= 15 is 0 Å². The summed E-state index contributed by atoms with van der Waals surface area (Å²) in [4.78, 5) is 32.2. The zero-order valence-electron chi connectivity index (χ0n) is 15.8. The van der Waals surface area contributed by atoms with Gasteiger partial charge in [0.25, 0.3) is 5.56 Å². The molecule has 1 unspecified atom stereocenters. The summed E-state index contributed by atoms with van der Waals surface area (Å²) in [6.45, 7) is 1.76. The van der Waals surface area contributed by atoms with Gasteiger partial charge in [-0.15, -0.1) is 11.3 Å². The molecule has 29 heavy (non-hydrogen) atoms. The van der Waals surface area contributed by atoms with Crippen LogP contribution < -0.4 is 10.9 Å². The predicted molar refractivity (Wildman–Crippen MR) is 117 cm³/mol. The average Bonchev–Trinajstić information content (AvgIpc) is 3.26. The van der Waals surface area contributed by atoms with Gasteiger partial charge in [-0.05, 0) is 49.9 Å². The first-order valence-electron chi connectivity index (χ1n) is 9.07. The van der Waals surface area contributed by atoms with Gasteiger partial charge in [-0.3, -0.25) is 14.2 Å². The Hall–Kier alpha value is -2.34. The number of hydrogen-bond donors (Lipinski definition) is 1. The molecule has 0 fully saturated rings. The van der Waals surface area contributed by atoms with Gasteiger partial charge in [-0.1, -0.05) is 23.4 Å². The number of nitrogens with one attached hydrogen (secondary N) is 1. The first-order chi connectivity index (χ1) is 13.9. The molecule has 1 aliphatic carbocycles. The standard InChI is InChI=1S/C20H17ClN4O2S2/c1-10(17(26)23-12-7-6-11(9-22)14(21)8-12)28-20-24-18-16(19(27)25(20)2)13-4-3-5-15(13)29-18/h6-8,10H,3-5H2,1-2H3,(H,23,26). The Morgan fingerprint density at radius 2 is 2.24 bits per heavy atom. The Morgan fingerprint density at radius 1 is 1.45 bits per heavy atom. The van der Waals surface area contributed by atoms with Gasteiger partial charge in [0.2, 0.25) is 5.91 Å². The van der Waals surface area contributed by atoms with Crippen LogP contribution in [0.1, 0.15) is 29.3 Å². The number of rotatable bonds is 4. The number of aryl methyl sites for hydroxylation is 2. The molecule has 0 aliphatic heterocycles. The molecule has 3 aromatic rings. The third kappa shape index (κ3) is 3.66. The number of carbonyl (C=O) groups is 1. The monoisotopic (exact) mass is 444 g/mol. The summed E-state index contributed by atoms with van der Waals surface area (Å²) in [5.74, 6) is -0.237. The Labute approximate surface area is 180 Å². The lowest BCUT2D eigenvalue weighted by molar-refractivity contribution is -0.115. The molecule has 0 saturated carbocycles. The summed E-state index contributed by atoms with van der Waals surface area (Å²) in [7, 11) is 1.70. The van der Waals surface area contributed by atoms with Gasteiger partial charge in [0.15, 0.2) is 5.16 Å². The fourth-order valence-corrected chi connectivity index (χ4v) is 5.75. The van der Waals surface area contributed by atoms with Crippen molar-refractivity contribution in [2.45, 2.75) is 36.6 Å². The number of hydrogen-bond acceptors (Lipinski definition) is 6. The smallest absolute Gasteiger partial charge is 0.262 e. The number of benzene rings is 1. The number of fused-ring (bicyclic) bond motifs is 3. The first kappa shape index (κ1) is 20.0. The van der Waals surface area contributed by atoms with Gasteiger partial charge in [0.05, 0.1) is 21.2 Å². The highest BCUT2D eigenvalue weighted by Gasteiger charge is 2.24. The number of amides is 1. The van der Waals surface area contributed by atoms with Crippen molar-refractivity contribution in [1.29, 1.82) is 5.26 Å². The molecule has 0 radical (unpaired) electrons. The highest BCUT2D eigenvalue weighted by molar-refractivity contribution is 8.00. The fourth-order valence-electron chi connectivity index (χ4n) is 3.35. The maximum Gasteiger partial charge on any atom is 0.262 e. The number of carbonyl (C=O) groups excluding carboxylic acids is 1. The summed E-state index contributed by atoms with van der Waals surface area (Å²) in [5.41, 5.74) is 1.96. The van der Waals surface area contributed by atoms with Crippen LogP contribution >= 0.6 is 34.7 Å². The van der Waals surface area contributed by atoms with Crippen molar-refractivity contribution < 1.29 is 4.79 Å². The molecule has 6 nitrogen and oxygen atoms in total. The Balaban J connectivity index is 1.56. The van der Waals surface area contributed by atoms with Crippen molar-refractivity contribution in [2.24, 2.45) is 7.05 Å². The largest absolute Gasteiger partial charge is 0.325 e. The van der Waals surface area contributed by atoms with E-state index in [1.54, 1.807) is 43.5 Å². The van der Waals surface area contributed by atoms with Gasteiger partial charge in [-0.2, -0.15) is 5.26 Å². The fraction of sp³-hybridized carbons (Fsp3) is 0.300. The zero-order valence-corrected chi connectivity index (χ0v) is 18.2. The molecule has 0 bridgehead atoms. The van der Waals surface area contributed by atoms with Crippen molar-refractivity contribution >= 4 is 56.5 Å². The molecule has 1 N–H and O–H groups in total. The molecule has 1 aliphatic rings. The molecular formula is C20H17ClN4O2S2. The third-order valence-electron chi connectivity index (χ3n) is 4.91. The SMILES string of the molecule is CC(Sc1nc2sc3c(c2c(=O)n1C)CCC3)C(=O)Nc1ccc(C#N)c(Cl)c1. The molecule has 2 heterocycles. The van der Waals surface area contributed by atoms with E-state index in [0.717, 1.165) is 35.0 Å². The van der Waals surface area contributed by atoms with Crippen LogP contribution in [0.25, 0.3) is 10.2 Å². The Bertz CT molecular complexity index is 1240. The summed E-state index contributed by atoms with van der Waals surface area (Å²) < 4.78 is 1.53. The van der Waals surface area contributed by atoms with Crippen molar-refractivity contribution in [1.82, 2.24) is 9.55 Å². The molecule has 148 valence electrons. The van der Waals surface area contributed by atoms with E-state index in [-0.39, 0.29) is 16.5 Å². The summed E-state index contributed by atoms with van der Waals surface area (Å²) in [6, 6.07) is 6.72. The number of halogens is 1. The summed E-state index contributed by atoms with van der Waals surface area (Å²) >= 11 is 8.85. The van der Waals surface area contributed by atoms with Crippen LogP contribution in [0.4, 0.5) is 5.69 Å². The molecule has 0 saturated heterocycles. The van der Waals surface area contributed by atoms with Crippen LogP contribution in [-0.4, -0.2) is 20.7 Å². The van der Waals surface area contributed by atoms with E-state index in [1.165, 1.54) is 21.2 Å². The molecule has 1 amide bonds. The number of anilines is 1. The predicted octanol–water partition coefficient (Wildman–Crippen LogP) is 4.13. The van der Waals surface area contributed by atoms with Gasteiger partial charge in [0.1, 0.15) is 10.9 Å². The summed E-state index contributed by atoms with van der Waals surface area (Å²) in [5, 5.41) is 12.8. The molecule has 0 spiro atoms. The number of nitrogens with zero attached hydrogens (tertiary/aromatic N) is 3. The highest BCUT2D eigenvalue weighted by atomic mass is 35.5. The topological polar surface area (TPSA) is 87.8 Å². The summed E-state index contributed by atoms with van der Waals surface area (Å²) in [6.07, 6.45) is 3.03. The van der Waals surface area contributed by atoms with Crippen molar-refractivity contribution in [2.75, 3.05) is 5.32 Å². The van der Waals surface area contributed by atoms with Crippen LogP contribution in [0.3, 0.4) is 0 Å². The number of thiophene rings is 1. The molecule has 9 heteroatoms. The normalized spacial score (nSPS) is 13.9. The number of aromatic nitrogens is 2. The van der Waals surface area contributed by atoms with Crippen LogP contribution in [-0.2, 0) is 24.7 Å². The lowest BCUT2D eigenvalue weighted by Gasteiger charge is -2.14. The van der Waals surface area contributed by atoms with Gasteiger partial charge < -0.3 is 5.32 Å². The average molecular weight is 445 g/mol.